The van der Waals surface area contributed by atoms with E-state index in [2.05, 4.69) is 5.32 Å². The summed E-state index contributed by atoms with van der Waals surface area (Å²) in [7, 11) is -0.912. The van der Waals surface area contributed by atoms with Crippen molar-refractivity contribution >= 4 is 33.9 Å². The van der Waals surface area contributed by atoms with Gasteiger partial charge in [0.25, 0.3) is 0 Å². The minimum absolute atomic E-state index is 0.106. The molecule has 0 aromatic heterocycles. The summed E-state index contributed by atoms with van der Waals surface area (Å²) in [6.45, 7) is 1.84. The van der Waals surface area contributed by atoms with Gasteiger partial charge in [0.2, 0.25) is 5.91 Å². The fourth-order valence-electron chi connectivity index (χ4n) is 1.87. The van der Waals surface area contributed by atoms with Gasteiger partial charge in [0.05, 0.1) is 10.4 Å². The first kappa shape index (κ1) is 13.6. The van der Waals surface area contributed by atoms with E-state index in [1.165, 1.54) is 0 Å². The second-order valence-electron chi connectivity index (χ2n) is 4.41. The van der Waals surface area contributed by atoms with Gasteiger partial charge in [0.1, 0.15) is 0 Å². The van der Waals surface area contributed by atoms with Gasteiger partial charge < -0.3 is 11.1 Å². The number of hydrogen-bond acceptors (Lipinski definition) is 3. The van der Waals surface area contributed by atoms with Gasteiger partial charge in [0, 0.05) is 28.9 Å². The molecular weight excluding hydrogens is 244 g/mol. The third kappa shape index (κ3) is 2.79. The van der Waals surface area contributed by atoms with Gasteiger partial charge in [-0.3, -0.25) is 9.00 Å². The van der Waals surface area contributed by atoms with Crippen molar-refractivity contribution in [1.82, 2.24) is 5.32 Å². The highest BCUT2D eigenvalue weighted by Crippen LogP contribution is 2.41. The lowest BCUT2D eigenvalue weighted by Crippen LogP contribution is -2.55. The third-order valence-electron chi connectivity index (χ3n) is 2.98. The molecule has 0 saturated heterocycles. The highest BCUT2D eigenvalue weighted by molar-refractivity contribution is 7.84. The summed E-state index contributed by atoms with van der Waals surface area (Å²) in [6, 6.07) is -0.106. The Hall–Kier alpha value is -0.490. The Kier molecular flexibility index (Phi) is 4.43. The van der Waals surface area contributed by atoms with Crippen LogP contribution in [0.4, 0.5) is 0 Å². The van der Waals surface area contributed by atoms with Crippen LogP contribution < -0.4 is 11.1 Å². The number of carbonyl (C=O) groups is 1. The molecule has 1 fully saturated rings. The van der Waals surface area contributed by atoms with Crippen LogP contribution in [0.25, 0.3) is 0 Å². The van der Waals surface area contributed by atoms with Gasteiger partial charge in [-0.15, -0.1) is 0 Å². The van der Waals surface area contributed by atoms with Crippen molar-refractivity contribution in [2.75, 3.05) is 12.0 Å². The van der Waals surface area contributed by atoms with Crippen molar-refractivity contribution in [2.24, 2.45) is 11.1 Å². The number of thiocarbonyl (C=S) groups is 1. The summed E-state index contributed by atoms with van der Waals surface area (Å²) < 4.78 is 11.0. The summed E-state index contributed by atoms with van der Waals surface area (Å²) in [6.07, 6.45) is 4.07. The summed E-state index contributed by atoms with van der Waals surface area (Å²) in [4.78, 5) is 12.3. The van der Waals surface area contributed by atoms with E-state index in [1.54, 1.807) is 6.26 Å². The molecule has 0 aliphatic heterocycles. The zero-order valence-electron chi connectivity index (χ0n) is 9.62. The molecule has 0 aromatic rings. The normalized spacial score (nSPS) is 21.6. The lowest BCUT2D eigenvalue weighted by molar-refractivity contribution is -0.131. The second-order valence-corrected chi connectivity index (χ2v) is 6.33. The van der Waals surface area contributed by atoms with E-state index in [0.29, 0.717) is 5.75 Å². The SMILES string of the molecule is CC(CS(C)=O)NC(=O)C1(C(N)=S)CCC1. The van der Waals surface area contributed by atoms with Gasteiger partial charge in [0.15, 0.2) is 0 Å². The average molecular weight is 262 g/mol. The highest BCUT2D eigenvalue weighted by atomic mass is 32.2. The smallest absolute Gasteiger partial charge is 0.233 e. The first-order chi connectivity index (χ1) is 7.38. The first-order valence-corrected chi connectivity index (χ1v) is 7.43. The molecule has 3 N–H and O–H groups in total. The Balaban J connectivity index is 2.57. The van der Waals surface area contributed by atoms with Gasteiger partial charge >= 0.3 is 0 Å². The molecule has 0 radical (unpaired) electrons. The van der Waals surface area contributed by atoms with Crippen molar-refractivity contribution in [3.8, 4) is 0 Å². The molecule has 2 atom stereocenters. The lowest BCUT2D eigenvalue weighted by Gasteiger charge is -2.39. The maximum Gasteiger partial charge on any atom is 0.233 e. The van der Waals surface area contributed by atoms with Crippen LogP contribution in [-0.2, 0) is 15.6 Å². The van der Waals surface area contributed by atoms with E-state index in [4.69, 9.17) is 18.0 Å². The van der Waals surface area contributed by atoms with Crippen LogP contribution in [0.3, 0.4) is 0 Å². The van der Waals surface area contributed by atoms with Crippen LogP contribution in [0.1, 0.15) is 26.2 Å². The molecule has 1 aliphatic rings. The van der Waals surface area contributed by atoms with Crippen molar-refractivity contribution in [3.63, 3.8) is 0 Å². The summed E-state index contributed by atoms with van der Waals surface area (Å²) >= 11 is 4.95. The molecular formula is C10H18N2O2S2. The molecule has 0 aromatic carbocycles. The topological polar surface area (TPSA) is 72.2 Å². The molecule has 92 valence electrons. The van der Waals surface area contributed by atoms with E-state index in [1.807, 2.05) is 6.92 Å². The molecule has 6 heteroatoms. The van der Waals surface area contributed by atoms with Crippen molar-refractivity contribution in [1.29, 1.82) is 0 Å². The molecule has 1 amide bonds. The molecule has 4 nitrogen and oxygen atoms in total. The van der Waals surface area contributed by atoms with E-state index >= 15 is 0 Å². The fraction of sp³-hybridized carbons (Fsp3) is 0.800. The maximum absolute atomic E-state index is 12.0. The Labute approximate surface area is 104 Å². The Bertz CT molecular complexity index is 327. The fourth-order valence-corrected chi connectivity index (χ4v) is 2.96. The first-order valence-electron chi connectivity index (χ1n) is 5.29. The highest BCUT2D eigenvalue weighted by Gasteiger charge is 2.47. The Morgan fingerprint density at radius 3 is 2.50 bits per heavy atom. The monoisotopic (exact) mass is 262 g/mol. The van der Waals surface area contributed by atoms with Crippen LogP contribution in [0, 0.1) is 5.41 Å². The zero-order valence-corrected chi connectivity index (χ0v) is 11.2. The van der Waals surface area contributed by atoms with Gasteiger partial charge in [-0.2, -0.15) is 0 Å². The van der Waals surface area contributed by atoms with Gasteiger partial charge in [-0.25, -0.2) is 0 Å². The van der Waals surface area contributed by atoms with Gasteiger partial charge in [-0.1, -0.05) is 18.6 Å². The summed E-state index contributed by atoms with van der Waals surface area (Å²) in [5.41, 5.74) is 4.98. The summed E-state index contributed by atoms with van der Waals surface area (Å²) in [5.74, 6) is 0.350. The van der Waals surface area contributed by atoms with Crippen molar-refractivity contribution < 1.29 is 9.00 Å². The number of nitrogens with two attached hydrogens (primary N) is 1. The number of carbonyl (C=O) groups excluding carboxylic acids is 1. The van der Waals surface area contributed by atoms with Crippen LogP contribution in [-0.4, -0.2) is 33.2 Å². The lowest BCUT2D eigenvalue weighted by atomic mass is 9.68. The number of amides is 1. The molecule has 0 spiro atoms. The van der Waals surface area contributed by atoms with Gasteiger partial charge in [-0.05, 0) is 19.8 Å². The minimum Gasteiger partial charge on any atom is -0.392 e. The Morgan fingerprint density at radius 2 is 2.19 bits per heavy atom. The molecule has 0 bridgehead atoms. The van der Waals surface area contributed by atoms with E-state index in [9.17, 15) is 9.00 Å². The van der Waals surface area contributed by atoms with Crippen LogP contribution in [0.2, 0.25) is 0 Å². The predicted molar refractivity (Wildman–Crippen MR) is 69.6 cm³/mol. The predicted octanol–water partition coefficient (Wildman–Crippen LogP) is 0.326. The standard InChI is InChI=1S/C10H18N2O2S2/c1-7(6-16(2)14)12-9(13)10(8(11)15)4-3-5-10/h7H,3-6H2,1-2H3,(H2,11,15)(H,12,13). The largest absolute Gasteiger partial charge is 0.392 e. The quantitative estimate of drug-likeness (QED) is 0.700. The van der Waals surface area contributed by atoms with E-state index in [0.717, 1.165) is 19.3 Å². The van der Waals surface area contributed by atoms with E-state index in [-0.39, 0.29) is 16.9 Å². The third-order valence-corrected chi connectivity index (χ3v) is 4.34. The molecule has 1 saturated carbocycles. The molecule has 16 heavy (non-hydrogen) atoms. The number of rotatable bonds is 5. The Morgan fingerprint density at radius 1 is 1.62 bits per heavy atom. The number of hydrogen-bond donors (Lipinski definition) is 2. The van der Waals surface area contributed by atoms with Crippen LogP contribution >= 0.6 is 12.2 Å². The van der Waals surface area contributed by atoms with Crippen LogP contribution in [0.5, 0.6) is 0 Å². The molecule has 1 aliphatic carbocycles. The minimum atomic E-state index is -0.912. The summed E-state index contributed by atoms with van der Waals surface area (Å²) in [5, 5.41) is 2.84. The van der Waals surface area contributed by atoms with Crippen LogP contribution in [0.15, 0.2) is 0 Å². The maximum atomic E-state index is 12.0. The molecule has 1 rings (SSSR count). The molecule has 0 heterocycles. The number of nitrogens with one attached hydrogen (secondary N) is 1. The van der Waals surface area contributed by atoms with Crippen molar-refractivity contribution in [2.45, 2.75) is 32.2 Å². The van der Waals surface area contributed by atoms with Crippen molar-refractivity contribution in [3.05, 3.63) is 0 Å². The second kappa shape index (κ2) is 5.23. The average Bonchev–Trinajstić information content (AvgIpc) is 1.97. The molecule has 2 unspecified atom stereocenters. The zero-order chi connectivity index (χ0) is 12.3. The van der Waals surface area contributed by atoms with E-state index < -0.39 is 16.2 Å².